The van der Waals surface area contributed by atoms with Crippen LogP contribution in [0.25, 0.3) is 0 Å². The van der Waals surface area contributed by atoms with Gasteiger partial charge in [0.1, 0.15) is 0 Å². The van der Waals surface area contributed by atoms with E-state index >= 15 is 0 Å². The number of rotatable bonds is 7. The lowest BCUT2D eigenvalue weighted by Crippen LogP contribution is -2.28. The van der Waals surface area contributed by atoms with Gasteiger partial charge in [-0.25, -0.2) is 0 Å². The van der Waals surface area contributed by atoms with Crippen molar-refractivity contribution in [1.82, 2.24) is 10.2 Å². The summed E-state index contributed by atoms with van der Waals surface area (Å²) in [6.45, 7) is 7.77. The summed E-state index contributed by atoms with van der Waals surface area (Å²) in [7, 11) is 2.12. The molecule has 2 rings (SSSR count). The van der Waals surface area contributed by atoms with Crippen LogP contribution in [0, 0.1) is 6.92 Å². The van der Waals surface area contributed by atoms with E-state index in [-0.39, 0.29) is 5.91 Å². The Morgan fingerprint density at radius 3 is 2.48 bits per heavy atom. The van der Waals surface area contributed by atoms with Crippen LogP contribution in [0.1, 0.15) is 40.9 Å². The Morgan fingerprint density at radius 2 is 1.84 bits per heavy atom. The van der Waals surface area contributed by atoms with Crippen LogP contribution in [0.4, 0.5) is 0 Å². The standard InChI is InChI=1S/C21H28N2OS/c1-15(2)23(4)14-18-9-7-6-8-17(18)13-22-21(24)20-12-19(25-5)11-10-16(20)3/h6-12,15H,13-14H2,1-5H3,(H,22,24). The zero-order valence-corrected chi connectivity index (χ0v) is 16.6. The van der Waals surface area contributed by atoms with Gasteiger partial charge in [0.05, 0.1) is 0 Å². The van der Waals surface area contributed by atoms with Gasteiger partial charge in [-0.3, -0.25) is 9.69 Å². The summed E-state index contributed by atoms with van der Waals surface area (Å²) < 4.78 is 0. The van der Waals surface area contributed by atoms with Gasteiger partial charge in [0, 0.05) is 29.6 Å². The molecular formula is C21H28N2OS. The van der Waals surface area contributed by atoms with E-state index < -0.39 is 0 Å². The molecule has 0 aliphatic rings. The Bertz CT molecular complexity index is 728. The first-order valence-corrected chi connectivity index (χ1v) is 9.84. The molecule has 0 bridgehead atoms. The predicted molar refractivity (Wildman–Crippen MR) is 107 cm³/mol. The number of carbonyl (C=O) groups is 1. The highest BCUT2D eigenvalue weighted by molar-refractivity contribution is 7.98. The molecule has 4 heteroatoms. The van der Waals surface area contributed by atoms with Crippen molar-refractivity contribution in [3.05, 3.63) is 64.7 Å². The van der Waals surface area contributed by atoms with E-state index in [4.69, 9.17) is 0 Å². The smallest absolute Gasteiger partial charge is 0.251 e. The molecule has 0 aliphatic carbocycles. The molecular weight excluding hydrogens is 328 g/mol. The summed E-state index contributed by atoms with van der Waals surface area (Å²) >= 11 is 1.65. The number of nitrogens with one attached hydrogen (secondary N) is 1. The molecule has 1 amide bonds. The van der Waals surface area contributed by atoms with Crippen LogP contribution in [0.2, 0.25) is 0 Å². The molecule has 0 aromatic heterocycles. The van der Waals surface area contributed by atoms with Crippen LogP contribution in [0.3, 0.4) is 0 Å². The first-order chi connectivity index (χ1) is 11.9. The lowest BCUT2D eigenvalue weighted by molar-refractivity contribution is 0.0950. The summed E-state index contributed by atoms with van der Waals surface area (Å²) in [4.78, 5) is 16.0. The van der Waals surface area contributed by atoms with E-state index in [1.807, 2.05) is 37.4 Å². The minimum absolute atomic E-state index is 0.0135. The van der Waals surface area contributed by atoms with E-state index in [1.165, 1.54) is 11.1 Å². The van der Waals surface area contributed by atoms with E-state index in [0.717, 1.165) is 22.6 Å². The summed E-state index contributed by atoms with van der Waals surface area (Å²) in [6.07, 6.45) is 2.02. The number of hydrogen-bond donors (Lipinski definition) is 1. The second-order valence-electron chi connectivity index (χ2n) is 6.64. The molecule has 2 aromatic rings. The van der Waals surface area contributed by atoms with Crippen molar-refractivity contribution in [2.75, 3.05) is 13.3 Å². The van der Waals surface area contributed by atoms with Gasteiger partial charge in [-0.15, -0.1) is 11.8 Å². The number of hydrogen-bond acceptors (Lipinski definition) is 3. The normalized spacial score (nSPS) is 11.2. The Kier molecular flexibility index (Phi) is 7.09. The van der Waals surface area contributed by atoms with Crippen molar-refractivity contribution in [3.63, 3.8) is 0 Å². The Morgan fingerprint density at radius 1 is 1.16 bits per heavy atom. The van der Waals surface area contributed by atoms with Crippen molar-refractivity contribution in [1.29, 1.82) is 0 Å². The Balaban J connectivity index is 2.10. The van der Waals surface area contributed by atoms with Crippen molar-refractivity contribution >= 4 is 17.7 Å². The van der Waals surface area contributed by atoms with Gasteiger partial charge in [0.2, 0.25) is 0 Å². The summed E-state index contributed by atoms with van der Waals surface area (Å²) in [6, 6.07) is 14.8. The lowest BCUT2D eigenvalue weighted by Gasteiger charge is -2.22. The number of carbonyl (C=O) groups excluding carboxylic acids is 1. The predicted octanol–water partition coefficient (Wildman–Crippen LogP) is 4.49. The zero-order valence-electron chi connectivity index (χ0n) is 15.8. The maximum Gasteiger partial charge on any atom is 0.251 e. The summed E-state index contributed by atoms with van der Waals surface area (Å²) in [5.74, 6) is -0.0135. The largest absolute Gasteiger partial charge is 0.348 e. The maximum atomic E-state index is 12.6. The highest BCUT2D eigenvalue weighted by atomic mass is 32.2. The van der Waals surface area contributed by atoms with Gasteiger partial charge in [0.25, 0.3) is 5.91 Å². The van der Waals surface area contributed by atoms with Gasteiger partial charge in [-0.1, -0.05) is 30.3 Å². The molecule has 0 fully saturated rings. The lowest BCUT2D eigenvalue weighted by atomic mass is 10.1. The van der Waals surface area contributed by atoms with Gasteiger partial charge < -0.3 is 5.32 Å². The number of nitrogens with zero attached hydrogens (tertiary/aromatic N) is 1. The molecule has 134 valence electrons. The van der Waals surface area contributed by atoms with Crippen molar-refractivity contribution in [2.45, 2.75) is 44.8 Å². The molecule has 0 spiro atoms. The fourth-order valence-electron chi connectivity index (χ4n) is 2.58. The summed E-state index contributed by atoms with van der Waals surface area (Å²) in [5.41, 5.74) is 4.18. The third-order valence-electron chi connectivity index (χ3n) is 4.55. The molecule has 0 saturated carbocycles. The van der Waals surface area contributed by atoms with Crippen LogP contribution in [-0.2, 0) is 13.1 Å². The fraction of sp³-hybridized carbons (Fsp3) is 0.381. The Hall–Kier alpha value is -1.78. The van der Waals surface area contributed by atoms with Crippen LogP contribution in [0.15, 0.2) is 47.4 Å². The summed E-state index contributed by atoms with van der Waals surface area (Å²) in [5, 5.41) is 3.08. The third-order valence-corrected chi connectivity index (χ3v) is 5.27. The van der Waals surface area contributed by atoms with Crippen molar-refractivity contribution < 1.29 is 4.79 Å². The fourth-order valence-corrected chi connectivity index (χ4v) is 3.02. The molecule has 0 heterocycles. The van der Waals surface area contributed by atoms with E-state index in [9.17, 15) is 4.79 Å². The Labute approximate surface area is 155 Å². The highest BCUT2D eigenvalue weighted by Gasteiger charge is 2.12. The average molecular weight is 357 g/mol. The molecule has 0 radical (unpaired) electrons. The van der Waals surface area contributed by atoms with Gasteiger partial charge in [-0.05, 0) is 62.9 Å². The third kappa shape index (κ3) is 5.35. The average Bonchev–Trinajstić information content (AvgIpc) is 2.61. The molecule has 1 N–H and O–H groups in total. The number of benzene rings is 2. The first-order valence-electron chi connectivity index (χ1n) is 8.62. The minimum atomic E-state index is -0.0135. The van der Waals surface area contributed by atoms with Crippen molar-refractivity contribution in [2.24, 2.45) is 0 Å². The van der Waals surface area contributed by atoms with Gasteiger partial charge in [-0.2, -0.15) is 0 Å². The molecule has 25 heavy (non-hydrogen) atoms. The van der Waals surface area contributed by atoms with Crippen LogP contribution >= 0.6 is 11.8 Å². The molecule has 2 aromatic carbocycles. The minimum Gasteiger partial charge on any atom is -0.348 e. The molecule has 0 unspecified atom stereocenters. The molecule has 0 saturated heterocycles. The van der Waals surface area contributed by atoms with Crippen LogP contribution in [0.5, 0.6) is 0 Å². The van der Waals surface area contributed by atoms with Crippen LogP contribution < -0.4 is 5.32 Å². The second-order valence-corrected chi connectivity index (χ2v) is 7.52. The zero-order chi connectivity index (χ0) is 18.4. The van der Waals surface area contributed by atoms with Gasteiger partial charge in [0.15, 0.2) is 0 Å². The number of amides is 1. The first kappa shape index (κ1) is 19.5. The van der Waals surface area contributed by atoms with E-state index in [2.05, 4.69) is 49.3 Å². The van der Waals surface area contributed by atoms with E-state index in [1.54, 1.807) is 11.8 Å². The quantitative estimate of drug-likeness (QED) is 0.742. The maximum absolute atomic E-state index is 12.6. The topological polar surface area (TPSA) is 32.3 Å². The molecule has 0 aliphatic heterocycles. The van der Waals surface area contributed by atoms with E-state index in [0.29, 0.717) is 12.6 Å². The highest BCUT2D eigenvalue weighted by Crippen LogP contribution is 2.19. The number of aryl methyl sites for hydroxylation is 1. The van der Waals surface area contributed by atoms with Gasteiger partial charge >= 0.3 is 0 Å². The second kappa shape index (κ2) is 9.07. The number of thioether (sulfide) groups is 1. The monoisotopic (exact) mass is 356 g/mol. The SMILES string of the molecule is CSc1ccc(C)c(C(=O)NCc2ccccc2CN(C)C(C)C)c1. The molecule has 3 nitrogen and oxygen atoms in total. The van der Waals surface area contributed by atoms with Crippen LogP contribution in [-0.4, -0.2) is 30.2 Å². The van der Waals surface area contributed by atoms with Crippen molar-refractivity contribution in [3.8, 4) is 0 Å². The molecule has 0 atom stereocenters.